The maximum absolute atomic E-state index is 13.3. The molecular weight excluding hydrogens is 465 g/mol. The van der Waals surface area contributed by atoms with E-state index in [1.165, 1.54) is 22.0 Å². The molecule has 1 atom stereocenters. The Morgan fingerprint density at radius 2 is 1.63 bits per heavy atom. The van der Waals surface area contributed by atoms with Crippen LogP contribution in [0.15, 0.2) is 77.7 Å². The van der Waals surface area contributed by atoms with Gasteiger partial charge in [-0.2, -0.15) is 0 Å². The average molecular weight is 494 g/mol. The van der Waals surface area contributed by atoms with Crippen LogP contribution in [0, 0.1) is 5.82 Å². The molecule has 2 aliphatic heterocycles. The van der Waals surface area contributed by atoms with Gasteiger partial charge in [0.1, 0.15) is 5.82 Å². The molecule has 8 heteroatoms. The molecule has 0 bridgehead atoms. The van der Waals surface area contributed by atoms with Gasteiger partial charge in [0.15, 0.2) is 0 Å². The van der Waals surface area contributed by atoms with Crippen molar-refractivity contribution in [1.82, 2.24) is 9.80 Å². The third kappa shape index (κ3) is 4.68. The molecule has 1 fully saturated rings. The van der Waals surface area contributed by atoms with E-state index in [1.54, 1.807) is 12.1 Å². The number of rotatable bonds is 5. The van der Waals surface area contributed by atoms with E-state index in [0.29, 0.717) is 30.8 Å². The first-order valence-corrected chi connectivity index (χ1v) is 13.3. The van der Waals surface area contributed by atoms with Crippen molar-refractivity contribution in [2.45, 2.75) is 30.8 Å². The van der Waals surface area contributed by atoms with E-state index in [-0.39, 0.29) is 16.8 Å². The third-order valence-corrected chi connectivity index (χ3v) is 8.70. The van der Waals surface area contributed by atoms with Gasteiger partial charge >= 0.3 is 0 Å². The zero-order chi connectivity index (χ0) is 24.6. The molecule has 2 heterocycles. The smallest absolute Gasteiger partial charge is 0.264 e. The van der Waals surface area contributed by atoms with Crippen LogP contribution in [0.5, 0.6) is 0 Å². The van der Waals surface area contributed by atoms with Crippen molar-refractivity contribution in [3.05, 3.63) is 95.3 Å². The summed E-state index contributed by atoms with van der Waals surface area (Å²) >= 11 is 0. The Labute approximate surface area is 205 Å². The predicted molar refractivity (Wildman–Crippen MR) is 133 cm³/mol. The number of benzene rings is 3. The summed E-state index contributed by atoms with van der Waals surface area (Å²) in [5.41, 5.74) is 3.25. The largest absolute Gasteiger partial charge is 0.336 e. The molecule has 0 spiro atoms. The topological polar surface area (TPSA) is 60.9 Å². The van der Waals surface area contributed by atoms with Crippen LogP contribution < -0.4 is 4.31 Å². The van der Waals surface area contributed by atoms with Crippen LogP contribution >= 0.6 is 0 Å². The van der Waals surface area contributed by atoms with E-state index in [1.807, 2.05) is 36.1 Å². The first-order valence-electron chi connectivity index (χ1n) is 11.8. The number of piperazine rings is 1. The van der Waals surface area contributed by atoms with E-state index in [9.17, 15) is 17.6 Å². The van der Waals surface area contributed by atoms with Crippen molar-refractivity contribution in [1.29, 1.82) is 0 Å². The van der Waals surface area contributed by atoms with Gasteiger partial charge in [0.25, 0.3) is 15.9 Å². The van der Waals surface area contributed by atoms with Crippen molar-refractivity contribution in [3.8, 4) is 0 Å². The van der Waals surface area contributed by atoms with Crippen LogP contribution in [0.3, 0.4) is 0 Å². The van der Waals surface area contributed by atoms with Crippen LogP contribution in [-0.2, 0) is 23.0 Å². The van der Waals surface area contributed by atoms with E-state index < -0.39 is 15.8 Å². The van der Waals surface area contributed by atoms with E-state index in [2.05, 4.69) is 17.0 Å². The molecule has 3 aromatic rings. The third-order valence-electron chi connectivity index (χ3n) is 6.76. The maximum Gasteiger partial charge on any atom is 0.264 e. The standard InChI is InChI=1S/C27H28FN3O3S/c1-20-17-23-18-22(7-12-26(23)31(20)35(33,34)25-10-8-24(28)9-11-25)27(32)30-15-13-29(14-16-30)19-21-5-3-2-4-6-21/h2-12,18,20H,13-17,19H2,1H3/t20-/m0/s1. The second-order valence-corrected chi connectivity index (χ2v) is 11.0. The fraction of sp³-hybridized carbons (Fsp3) is 0.296. The number of carbonyl (C=O) groups is 1. The molecule has 35 heavy (non-hydrogen) atoms. The second kappa shape index (κ2) is 9.43. The van der Waals surface area contributed by atoms with Gasteiger partial charge in [-0.05, 0) is 66.9 Å². The minimum atomic E-state index is -3.84. The highest BCUT2D eigenvalue weighted by Crippen LogP contribution is 2.37. The van der Waals surface area contributed by atoms with E-state index in [0.717, 1.165) is 37.3 Å². The fourth-order valence-corrected chi connectivity index (χ4v) is 6.65. The summed E-state index contributed by atoms with van der Waals surface area (Å²) in [7, 11) is -3.84. The van der Waals surface area contributed by atoms with Gasteiger partial charge in [-0.15, -0.1) is 0 Å². The monoisotopic (exact) mass is 493 g/mol. The Morgan fingerprint density at radius 1 is 0.943 bits per heavy atom. The van der Waals surface area contributed by atoms with Crippen molar-refractivity contribution >= 4 is 21.6 Å². The summed E-state index contributed by atoms with van der Waals surface area (Å²) in [6.45, 7) is 5.65. The van der Waals surface area contributed by atoms with Crippen molar-refractivity contribution < 1.29 is 17.6 Å². The molecule has 1 saturated heterocycles. The molecule has 0 unspecified atom stereocenters. The summed E-state index contributed by atoms with van der Waals surface area (Å²) in [4.78, 5) is 17.5. The number of nitrogens with zero attached hydrogens (tertiary/aromatic N) is 3. The summed E-state index contributed by atoms with van der Waals surface area (Å²) < 4.78 is 41.2. The normalized spacial score (nSPS) is 18.5. The molecule has 1 amide bonds. The molecule has 2 aliphatic rings. The Balaban J connectivity index is 1.29. The number of halogens is 1. The molecule has 6 nitrogen and oxygen atoms in total. The molecule has 0 radical (unpaired) electrons. The number of carbonyl (C=O) groups excluding carboxylic acids is 1. The van der Waals surface area contributed by atoms with Crippen LogP contribution in [0.2, 0.25) is 0 Å². The minimum Gasteiger partial charge on any atom is -0.336 e. The number of hydrogen-bond acceptors (Lipinski definition) is 4. The fourth-order valence-electron chi connectivity index (χ4n) is 4.96. The number of hydrogen-bond donors (Lipinski definition) is 0. The summed E-state index contributed by atoms with van der Waals surface area (Å²) in [5.74, 6) is -0.512. The van der Waals surface area contributed by atoms with E-state index in [4.69, 9.17) is 0 Å². The first-order chi connectivity index (χ1) is 16.8. The van der Waals surface area contributed by atoms with Crippen molar-refractivity contribution in [3.63, 3.8) is 0 Å². The lowest BCUT2D eigenvalue weighted by Crippen LogP contribution is -2.48. The minimum absolute atomic E-state index is 0.0281. The highest BCUT2D eigenvalue weighted by molar-refractivity contribution is 7.92. The lowest BCUT2D eigenvalue weighted by molar-refractivity contribution is 0.0628. The first kappa shape index (κ1) is 23.5. The zero-order valence-electron chi connectivity index (χ0n) is 19.6. The molecule has 3 aromatic carbocycles. The lowest BCUT2D eigenvalue weighted by Gasteiger charge is -2.35. The summed E-state index contributed by atoms with van der Waals surface area (Å²) in [5, 5.41) is 0. The maximum atomic E-state index is 13.3. The Morgan fingerprint density at radius 3 is 2.31 bits per heavy atom. The summed E-state index contributed by atoms with van der Waals surface area (Å²) in [6, 6.07) is 20.1. The van der Waals surface area contributed by atoms with Gasteiger partial charge in [-0.25, -0.2) is 12.8 Å². The molecule has 5 rings (SSSR count). The number of anilines is 1. The highest BCUT2D eigenvalue weighted by atomic mass is 32.2. The number of amides is 1. The van der Waals surface area contributed by atoms with Crippen molar-refractivity contribution in [2.75, 3.05) is 30.5 Å². The van der Waals surface area contributed by atoms with Gasteiger partial charge in [-0.3, -0.25) is 14.0 Å². The summed E-state index contributed by atoms with van der Waals surface area (Å²) in [6.07, 6.45) is 0.516. The molecular formula is C27H28FN3O3S. The molecule has 182 valence electrons. The van der Waals surface area contributed by atoms with Gasteiger partial charge in [0, 0.05) is 44.3 Å². The zero-order valence-corrected chi connectivity index (χ0v) is 20.4. The molecule has 0 aliphatic carbocycles. The number of sulfonamides is 1. The Hall–Kier alpha value is -3.23. The van der Waals surface area contributed by atoms with Crippen LogP contribution in [0.4, 0.5) is 10.1 Å². The molecule has 0 N–H and O–H groups in total. The lowest BCUT2D eigenvalue weighted by atomic mass is 10.1. The highest BCUT2D eigenvalue weighted by Gasteiger charge is 2.36. The van der Waals surface area contributed by atoms with Gasteiger partial charge in [0.2, 0.25) is 0 Å². The van der Waals surface area contributed by atoms with Gasteiger partial charge < -0.3 is 4.90 Å². The van der Waals surface area contributed by atoms with Crippen LogP contribution in [0.25, 0.3) is 0 Å². The van der Waals surface area contributed by atoms with Crippen LogP contribution in [0.1, 0.15) is 28.4 Å². The van der Waals surface area contributed by atoms with Gasteiger partial charge in [-0.1, -0.05) is 30.3 Å². The Bertz CT molecular complexity index is 1320. The van der Waals surface area contributed by atoms with Crippen molar-refractivity contribution in [2.24, 2.45) is 0 Å². The number of fused-ring (bicyclic) bond motifs is 1. The van der Waals surface area contributed by atoms with E-state index >= 15 is 0 Å². The Kier molecular flexibility index (Phi) is 6.34. The van der Waals surface area contributed by atoms with Crippen LogP contribution in [-0.4, -0.2) is 56.3 Å². The van der Waals surface area contributed by atoms with Gasteiger partial charge in [0.05, 0.1) is 10.6 Å². The second-order valence-electron chi connectivity index (χ2n) is 9.21. The predicted octanol–water partition coefficient (Wildman–Crippen LogP) is 3.92. The average Bonchev–Trinajstić information content (AvgIpc) is 3.20. The molecule has 0 aromatic heterocycles. The SMILES string of the molecule is C[C@H]1Cc2cc(C(=O)N3CCN(Cc4ccccc4)CC3)ccc2N1S(=O)(=O)c1ccc(F)cc1. The molecule has 0 saturated carbocycles. The quantitative estimate of drug-likeness (QED) is 0.541.